The number of aryl methyl sites for hydroxylation is 1. The Morgan fingerprint density at radius 2 is 1.70 bits per heavy atom. The largest absolute Gasteiger partial charge is 0.449 e. The Morgan fingerprint density at radius 1 is 1.07 bits per heavy atom. The first-order valence-corrected chi connectivity index (χ1v) is 8.66. The SMILES string of the molecule is C[C@H](CCc1ccccc1)NC(=O)[C@H](C)OC(=O)c1ccc([N+](=O)[O-])cc1. The number of nitro benzene ring substituents is 1. The third kappa shape index (κ3) is 6.22. The fourth-order valence-corrected chi connectivity index (χ4v) is 2.46. The van der Waals surface area contributed by atoms with Crippen molar-refractivity contribution in [1.29, 1.82) is 0 Å². The van der Waals surface area contributed by atoms with Crippen LogP contribution in [0.3, 0.4) is 0 Å². The van der Waals surface area contributed by atoms with Gasteiger partial charge in [-0.05, 0) is 44.4 Å². The first-order chi connectivity index (χ1) is 12.9. The van der Waals surface area contributed by atoms with Crippen LogP contribution in [0, 0.1) is 10.1 Å². The average Bonchev–Trinajstić information content (AvgIpc) is 2.67. The first-order valence-electron chi connectivity index (χ1n) is 8.66. The van der Waals surface area contributed by atoms with Gasteiger partial charge in [0.25, 0.3) is 11.6 Å². The minimum atomic E-state index is -0.966. The number of hydrogen-bond acceptors (Lipinski definition) is 5. The Morgan fingerprint density at radius 3 is 2.30 bits per heavy atom. The number of rotatable bonds is 8. The number of non-ortho nitro benzene ring substituents is 1. The highest BCUT2D eigenvalue weighted by molar-refractivity contribution is 5.92. The minimum Gasteiger partial charge on any atom is -0.449 e. The predicted molar refractivity (Wildman–Crippen MR) is 100 cm³/mol. The van der Waals surface area contributed by atoms with Crippen molar-refractivity contribution in [3.63, 3.8) is 0 Å². The first kappa shape index (κ1) is 20.1. The van der Waals surface area contributed by atoms with Crippen molar-refractivity contribution in [1.82, 2.24) is 5.32 Å². The zero-order chi connectivity index (χ0) is 19.8. The van der Waals surface area contributed by atoms with E-state index in [0.717, 1.165) is 12.8 Å². The summed E-state index contributed by atoms with van der Waals surface area (Å²) in [5, 5.41) is 13.5. The number of esters is 1. The van der Waals surface area contributed by atoms with Gasteiger partial charge in [-0.3, -0.25) is 14.9 Å². The van der Waals surface area contributed by atoms with Gasteiger partial charge in [-0.25, -0.2) is 4.79 Å². The van der Waals surface area contributed by atoms with Crippen LogP contribution in [0.2, 0.25) is 0 Å². The maximum atomic E-state index is 12.2. The van der Waals surface area contributed by atoms with Crippen LogP contribution in [0.15, 0.2) is 54.6 Å². The zero-order valence-corrected chi connectivity index (χ0v) is 15.3. The lowest BCUT2D eigenvalue weighted by Gasteiger charge is -2.18. The molecule has 7 heteroatoms. The molecule has 0 aromatic heterocycles. The Labute approximate surface area is 157 Å². The molecule has 0 unspecified atom stereocenters. The number of hydrogen-bond donors (Lipinski definition) is 1. The number of amides is 1. The number of nitro groups is 1. The molecule has 0 heterocycles. The van der Waals surface area contributed by atoms with Crippen molar-refractivity contribution in [2.24, 2.45) is 0 Å². The van der Waals surface area contributed by atoms with E-state index >= 15 is 0 Å². The third-order valence-corrected chi connectivity index (χ3v) is 4.06. The number of benzene rings is 2. The van der Waals surface area contributed by atoms with Gasteiger partial charge in [0.15, 0.2) is 6.10 Å². The quantitative estimate of drug-likeness (QED) is 0.437. The lowest BCUT2D eigenvalue weighted by molar-refractivity contribution is -0.384. The molecular weight excluding hydrogens is 348 g/mol. The topological polar surface area (TPSA) is 98.5 Å². The van der Waals surface area contributed by atoms with Gasteiger partial charge in [0, 0.05) is 18.2 Å². The maximum Gasteiger partial charge on any atom is 0.338 e. The summed E-state index contributed by atoms with van der Waals surface area (Å²) in [6.07, 6.45) is 0.629. The van der Waals surface area contributed by atoms with Gasteiger partial charge in [0.1, 0.15) is 0 Å². The standard InChI is InChI=1S/C20H22N2O5/c1-14(8-9-16-6-4-3-5-7-16)21-19(23)15(2)27-20(24)17-10-12-18(13-11-17)22(25)26/h3-7,10-15H,8-9H2,1-2H3,(H,21,23)/t14-,15+/m1/s1. The fraction of sp³-hybridized carbons (Fsp3) is 0.300. The van der Waals surface area contributed by atoms with E-state index in [1.165, 1.54) is 36.8 Å². The van der Waals surface area contributed by atoms with Crippen molar-refractivity contribution in [2.75, 3.05) is 0 Å². The van der Waals surface area contributed by atoms with Gasteiger partial charge in [-0.2, -0.15) is 0 Å². The lowest BCUT2D eigenvalue weighted by Crippen LogP contribution is -2.41. The molecule has 0 saturated heterocycles. The van der Waals surface area contributed by atoms with Gasteiger partial charge in [-0.1, -0.05) is 30.3 Å². The van der Waals surface area contributed by atoms with Crippen molar-refractivity contribution in [3.8, 4) is 0 Å². The molecule has 1 N–H and O–H groups in total. The van der Waals surface area contributed by atoms with Crippen molar-refractivity contribution in [3.05, 3.63) is 75.8 Å². The fourth-order valence-electron chi connectivity index (χ4n) is 2.46. The molecule has 0 aliphatic rings. The molecule has 2 aromatic rings. The van der Waals surface area contributed by atoms with E-state index in [-0.39, 0.29) is 23.2 Å². The highest BCUT2D eigenvalue weighted by Gasteiger charge is 2.20. The molecule has 0 aliphatic carbocycles. The Balaban J connectivity index is 1.81. The van der Waals surface area contributed by atoms with Crippen molar-refractivity contribution in [2.45, 2.75) is 38.8 Å². The number of nitrogens with one attached hydrogen (secondary N) is 1. The Hall–Kier alpha value is -3.22. The average molecular weight is 370 g/mol. The molecule has 0 aliphatic heterocycles. The van der Waals surface area contributed by atoms with Gasteiger partial charge >= 0.3 is 5.97 Å². The maximum absolute atomic E-state index is 12.2. The lowest BCUT2D eigenvalue weighted by atomic mass is 10.1. The van der Waals surface area contributed by atoms with Crippen LogP contribution in [0.25, 0.3) is 0 Å². The summed E-state index contributed by atoms with van der Waals surface area (Å²) in [6.45, 7) is 3.38. The number of carbonyl (C=O) groups is 2. The second-order valence-electron chi connectivity index (χ2n) is 6.29. The smallest absolute Gasteiger partial charge is 0.338 e. The molecule has 2 rings (SSSR count). The van der Waals surface area contributed by atoms with Crippen molar-refractivity contribution < 1.29 is 19.2 Å². The molecule has 0 radical (unpaired) electrons. The molecule has 0 fully saturated rings. The zero-order valence-electron chi connectivity index (χ0n) is 15.3. The summed E-state index contributed by atoms with van der Waals surface area (Å²) in [7, 11) is 0. The Kier molecular flexibility index (Phi) is 7.05. The number of ether oxygens (including phenoxy) is 1. The molecule has 0 saturated carbocycles. The molecule has 1 amide bonds. The van der Waals surface area contributed by atoms with Crippen LogP contribution >= 0.6 is 0 Å². The van der Waals surface area contributed by atoms with Crippen LogP contribution in [-0.4, -0.2) is 28.9 Å². The number of nitrogens with zero attached hydrogens (tertiary/aromatic N) is 1. The van der Waals surface area contributed by atoms with Crippen LogP contribution in [0.4, 0.5) is 5.69 Å². The van der Waals surface area contributed by atoms with Crippen molar-refractivity contribution >= 4 is 17.6 Å². The summed E-state index contributed by atoms with van der Waals surface area (Å²) in [5.74, 6) is -1.09. The summed E-state index contributed by atoms with van der Waals surface area (Å²) >= 11 is 0. The number of carbonyl (C=O) groups excluding carboxylic acids is 2. The molecule has 7 nitrogen and oxygen atoms in total. The Bertz CT molecular complexity index is 790. The molecule has 142 valence electrons. The van der Waals surface area contributed by atoms with E-state index in [1.807, 2.05) is 37.3 Å². The monoisotopic (exact) mass is 370 g/mol. The van der Waals surface area contributed by atoms with Gasteiger partial charge in [0.2, 0.25) is 0 Å². The van der Waals surface area contributed by atoms with Crippen LogP contribution in [0.1, 0.15) is 36.2 Å². The molecule has 2 aromatic carbocycles. The summed E-state index contributed by atoms with van der Waals surface area (Å²) in [4.78, 5) is 34.3. The highest BCUT2D eigenvalue weighted by Crippen LogP contribution is 2.13. The van der Waals surface area contributed by atoms with Crippen LogP contribution in [-0.2, 0) is 16.0 Å². The van der Waals surface area contributed by atoms with Gasteiger partial charge in [-0.15, -0.1) is 0 Å². The molecule has 0 bridgehead atoms. The molecular formula is C20H22N2O5. The molecule has 2 atom stereocenters. The normalized spacial score (nSPS) is 12.7. The van der Waals surface area contributed by atoms with Gasteiger partial charge < -0.3 is 10.1 Å². The van der Waals surface area contributed by atoms with Gasteiger partial charge in [0.05, 0.1) is 10.5 Å². The summed E-state index contributed by atoms with van der Waals surface area (Å²) < 4.78 is 5.14. The van der Waals surface area contributed by atoms with E-state index < -0.39 is 17.0 Å². The second-order valence-corrected chi connectivity index (χ2v) is 6.29. The minimum absolute atomic E-state index is 0.0711. The highest BCUT2D eigenvalue weighted by atomic mass is 16.6. The van der Waals surface area contributed by atoms with E-state index in [2.05, 4.69) is 5.32 Å². The molecule has 27 heavy (non-hydrogen) atoms. The second kappa shape index (κ2) is 9.47. The summed E-state index contributed by atoms with van der Waals surface area (Å²) in [6, 6.07) is 14.9. The van der Waals surface area contributed by atoms with Crippen LogP contribution < -0.4 is 5.32 Å². The summed E-state index contributed by atoms with van der Waals surface area (Å²) in [5.41, 5.74) is 1.22. The van der Waals surface area contributed by atoms with E-state index in [1.54, 1.807) is 0 Å². The molecule has 0 spiro atoms. The van der Waals surface area contributed by atoms with E-state index in [9.17, 15) is 19.7 Å². The predicted octanol–water partition coefficient (Wildman–Crippen LogP) is 3.28. The van der Waals surface area contributed by atoms with E-state index in [0.29, 0.717) is 0 Å². The van der Waals surface area contributed by atoms with E-state index in [4.69, 9.17) is 4.74 Å². The third-order valence-electron chi connectivity index (χ3n) is 4.06. The van der Waals surface area contributed by atoms with Crippen LogP contribution in [0.5, 0.6) is 0 Å².